The van der Waals surface area contributed by atoms with Gasteiger partial charge in [-0.1, -0.05) is 0 Å². The Bertz CT molecular complexity index is 650. The Kier molecular flexibility index (Phi) is 6.33. The van der Waals surface area contributed by atoms with Crippen molar-refractivity contribution in [2.45, 2.75) is 18.9 Å². The summed E-state index contributed by atoms with van der Waals surface area (Å²) in [4.78, 5) is 15.8. The molecule has 0 aliphatic heterocycles. The minimum Gasteiger partial charge on any atom is -0.277 e. The second-order valence-electron chi connectivity index (χ2n) is 4.42. The van der Waals surface area contributed by atoms with Crippen molar-refractivity contribution in [2.24, 2.45) is 0 Å². The Balaban J connectivity index is 2.97. The summed E-state index contributed by atoms with van der Waals surface area (Å²) < 4.78 is 66.5. The molecule has 1 amide bonds. The third kappa shape index (κ3) is 6.00. The summed E-state index contributed by atoms with van der Waals surface area (Å²) in [5.74, 6) is -4.47. The van der Waals surface area contributed by atoms with E-state index in [2.05, 4.69) is 9.02 Å². The Morgan fingerprint density at radius 3 is 2.36 bits per heavy atom. The molecule has 1 N–H and O–H groups in total. The molecule has 22 heavy (non-hydrogen) atoms. The van der Waals surface area contributed by atoms with Crippen LogP contribution in [-0.2, 0) is 30.4 Å². The quantitative estimate of drug-likeness (QED) is 0.456. The van der Waals surface area contributed by atoms with Gasteiger partial charge in [-0.3, -0.25) is 13.8 Å². The maximum Gasteiger partial charge on any atom is 0.264 e. The first-order valence-corrected chi connectivity index (χ1v) is 7.77. The van der Waals surface area contributed by atoms with Crippen LogP contribution in [0.15, 0.2) is 12.1 Å². The number of carbonyl (C=O) groups excluding carboxylic acids is 1. The fourth-order valence-corrected chi connectivity index (χ4v) is 2.35. The van der Waals surface area contributed by atoms with Gasteiger partial charge in [0.25, 0.3) is 10.1 Å². The Labute approximate surface area is 125 Å². The molecular weight excluding hydrogens is 327 g/mol. The molecule has 6 nitrogen and oxygen atoms in total. The van der Waals surface area contributed by atoms with Gasteiger partial charge in [-0.25, -0.2) is 18.7 Å². The van der Waals surface area contributed by atoms with Crippen molar-refractivity contribution in [3.8, 4) is 0 Å². The van der Waals surface area contributed by atoms with E-state index in [1.165, 1.54) is 7.11 Å². The average molecular weight is 341 g/mol. The van der Waals surface area contributed by atoms with E-state index in [0.717, 1.165) is 6.26 Å². The van der Waals surface area contributed by atoms with Crippen molar-refractivity contribution in [2.75, 3.05) is 13.4 Å². The molecule has 0 spiro atoms. The first kappa shape index (κ1) is 18.4. The highest BCUT2D eigenvalue weighted by atomic mass is 32.2. The molecule has 0 saturated carbocycles. The number of hydrogen-bond acceptors (Lipinski definition) is 5. The minimum absolute atomic E-state index is 0.322. The number of hydroxylamine groups is 1. The molecule has 0 aliphatic carbocycles. The van der Waals surface area contributed by atoms with Gasteiger partial charge in [0.05, 0.1) is 25.9 Å². The molecule has 0 aromatic heterocycles. The molecule has 0 heterocycles. The standard InChI is InChI=1S/C12H14F3NO5S/c1-20-16-12(17)5-8(21-22(2,18)19)3-7-4-10(14)11(15)6-9(7)13/h4,6,8H,3,5H2,1-2H3,(H,16,17). The van der Waals surface area contributed by atoms with Gasteiger partial charge in [0, 0.05) is 12.5 Å². The lowest BCUT2D eigenvalue weighted by molar-refractivity contribution is -0.132. The van der Waals surface area contributed by atoms with Crippen LogP contribution < -0.4 is 5.48 Å². The van der Waals surface area contributed by atoms with Crippen LogP contribution in [0.1, 0.15) is 12.0 Å². The zero-order valence-corrected chi connectivity index (χ0v) is 12.5. The molecule has 0 aliphatic rings. The van der Waals surface area contributed by atoms with Gasteiger partial charge in [-0.2, -0.15) is 8.42 Å². The van der Waals surface area contributed by atoms with Crippen LogP contribution in [0.25, 0.3) is 0 Å². The lowest BCUT2D eigenvalue weighted by Crippen LogP contribution is -2.30. The largest absolute Gasteiger partial charge is 0.277 e. The highest BCUT2D eigenvalue weighted by Crippen LogP contribution is 2.18. The fraction of sp³-hybridized carbons (Fsp3) is 0.417. The monoisotopic (exact) mass is 341 g/mol. The van der Waals surface area contributed by atoms with Gasteiger partial charge >= 0.3 is 0 Å². The van der Waals surface area contributed by atoms with Crippen molar-refractivity contribution < 1.29 is 35.4 Å². The Morgan fingerprint density at radius 2 is 1.82 bits per heavy atom. The third-order valence-electron chi connectivity index (χ3n) is 2.48. The summed E-state index contributed by atoms with van der Waals surface area (Å²) >= 11 is 0. The molecule has 0 bridgehead atoms. The second kappa shape index (κ2) is 7.56. The second-order valence-corrected chi connectivity index (χ2v) is 6.02. The van der Waals surface area contributed by atoms with Crippen molar-refractivity contribution in [1.29, 1.82) is 0 Å². The number of carbonyl (C=O) groups is 1. The normalized spacial score (nSPS) is 13.0. The highest BCUT2D eigenvalue weighted by molar-refractivity contribution is 7.86. The van der Waals surface area contributed by atoms with E-state index in [9.17, 15) is 26.4 Å². The van der Waals surface area contributed by atoms with Crippen molar-refractivity contribution >= 4 is 16.0 Å². The van der Waals surface area contributed by atoms with E-state index >= 15 is 0 Å². The molecule has 10 heteroatoms. The molecular formula is C12H14F3NO5S. The van der Waals surface area contributed by atoms with Crippen LogP contribution in [0.3, 0.4) is 0 Å². The molecule has 1 aromatic rings. The van der Waals surface area contributed by atoms with Crippen LogP contribution in [0.5, 0.6) is 0 Å². The van der Waals surface area contributed by atoms with E-state index in [0.29, 0.717) is 12.1 Å². The Morgan fingerprint density at radius 1 is 1.23 bits per heavy atom. The molecule has 1 unspecified atom stereocenters. The van der Waals surface area contributed by atoms with E-state index < -0.39 is 52.4 Å². The van der Waals surface area contributed by atoms with Crippen LogP contribution in [0.2, 0.25) is 0 Å². The third-order valence-corrected chi connectivity index (χ3v) is 3.10. The van der Waals surface area contributed by atoms with Gasteiger partial charge < -0.3 is 0 Å². The van der Waals surface area contributed by atoms with Crippen molar-refractivity contribution in [1.82, 2.24) is 5.48 Å². The number of amides is 1. The van der Waals surface area contributed by atoms with E-state index in [1.54, 1.807) is 0 Å². The number of halogens is 3. The maximum atomic E-state index is 13.6. The lowest BCUT2D eigenvalue weighted by Gasteiger charge is -2.16. The van der Waals surface area contributed by atoms with Crippen LogP contribution in [0.4, 0.5) is 13.2 Å². The molecule has 1 rings (SSSR count). The SMILES string of the molecule is CONC(=O)CC(Cc1cc(F)c(F)cc1F)OS(C)(=O)=O. The summed E-state index contributed by atoms with van der Waals surface area (Å²) in [6.45, 7) is 0. The van der Waals surface area contributed by atoms with Gasteiger partial charge in [0.2, 0.25) is 5.91 Å². The van der Waals surface area contributed by atoms with Crippen molar-refractivity contribution in [3.05, 3.63) is 35.1 Å². The summed E-state index contributed by atoms with van der Waals surface area (Å²) in [7, 11) is -2.78. The van der Waals surface area contributed by atoms with Crippen LogP contribution in [0, 0.1) is 17.5 Å². The topological polar surface area (TPSA) is 81.7 Å². The van der Waals surface area contributed by atoms with Gasteiger partial charge in [0.15, 0.2) is 11.6 Å². The zero-order valence-electron chi connectivity index (χ0n) is 11.7. The number of rotatable bonds is 7. The molecule has 124 valence electrons. The van der Waals surface area contributed by atoms with E-state index in [4.69, 9.17) is 0 Å². The average Bonchev–Trinajstić information content (AvgIpc) is 2.34. The smallest absolute Gasteiger partial charge is 0.264 e. The van der Waals surface area contributed by atoms with Gasteiger partial charge in [-0.05, 0) is 11.6 Å². The number of hydrogen-bond donors (Lipinski definition) is 1. The highest BCUT2D eigenvalue weighted by Gasteiger charge is 2.22. The van der Waals surface area contributed by atoms with Crippen LogP contribution >= 0.6 is 0 Å². The summed E-state index contributed by atoms with van der Waals surface area (Å²) in [6, 6.07) is 0.912. The predicted octanol–water partition coefficient (Wildman–Crippen LogP) is 1.06. The first-order valence-electron chi connectivity index (χ1n) is 5.96. The molecule has 0 radical (unpaired) electrons. The molecule has 0 fully saturated rings. The first-order chi connectivity index (χ1) is 10.1. The predicted molar refractivity (Wildman–Crippen MR) is 69.5 cm³/mol. The lowest BCUT2D eigenvalue weighted by atomic mass is 10.0. The maximum absolute atomic E-state index is 13.6. The van der Waals surface area contributed by atoms with Gasteiger partial charge in [0.1, 0.15) is 5.82 Å². The molecule has 0 saturated heterocycles. The summed E-state index contributed by atoms with van der Waals surface area (Å²) in [6.07, 6.45) is -1.49. The van der Waals surface area contributed by atoms with Crippen molar-refractivity contribution in [3.63, 3.8) is 0 Å². The van der Waals surface area contributed by atoms with Crippen LogP contribution in [-0.4, -0.2) is 33.8 Å². The zero-order chi connectivity index (χ0) is 16.9. The summed E-state index contributed by atoms with van der Waals surface area (Å²) in [5.41, 5.74) is 1.62. The number of nitrogens with one attached hydrogen (secondary N) is 1. The molecule has 1 atom stereocenters. The fourth-order valence-electron chi connectivity index (χ4n) is 1.72. The van der Waals surface area contributed by atoms with E-state index in [1.807, 2.05) is 5.48 Å². The molecule has 1 aromatic carbocycles. The van der Waals surface area contributed by atoms with E-state index in [-0.39, 0.29) is 5.56 Å². The number of benzene rings is 1. The minimum atomic E-state index is -3.95. The van der Waals surface area contributed by atoms with Gasteiger partial charge in [-0.15, -0.1) is 0 Å². The Hall–Kier alpha value is -1.65. The summed E-state index contributed by atoms with van der Waals surface area (Å²) in [5, 5.41) is 0.